The van der Waals surface area contributed by atoms with Gasteiger partial charge in [0.2, 0.25) is 0 Å². The number of halogens is 2. The Balaban J connectivity index is 2.30. The molecule has 0 aliphatic rings. The van der Waals surface area contributed by atoms with Crippen molar-refractivity contribution in [3.8, 4) is 5.69 Å². The van der Waals surface area contributed by atoms with Gasteiger partial charge in [-0.05, 0) is 26.0 Å². The van der Waals surface area contributed by atoms with Crippen LogP contribution >= 0.6 is 0 Å². The second-order valence-electron chi connectivity index (χ2n) is 5.15. The first-order chi connectivity index (χ1) is 10.5. The molecule has 0 unspecified atom stereocenters. The SMILES string of the molecule is Cc1nn(-c2ccc(F)cc2F)c(C)c1CN[C@H](CN)CO. The molecule has 0 aliphatic carbocycles. The van der Waals surface area contributed by atoms with E-state index in [0.29, 0.717) is 13.1 Å². The van der Waals surface area contributed by atoms with E-state index in [1.807, 2.05) is 13.8 Å². The van der Waals surface area contributed by atoms with Gasteiger partial charge in [-0.2, -0.15) is 5.10 Å². The van der Waals surface area contributed by atoms with Gasteiger partial charge < -0.3 is 16.2 Å². The smallest absolute Gasteiger partial charge is 0.151 e. The molecule has 0 amide bonds. The van der Waals surface area contributed by atoms with E-state index in [2.05, 4.69) is 10.4 Å². The summed E-state index contributed by atoms with van der Waals surface area (Å²) in [7, 11) is 0. The average Bonchev–Trinajstić information content (AvgIpc) is 2.76. The predicted octanol–water partition coefficient (Wildman–Crippen LogP) is 1.18. The molecule has 22 heavy (non-hydrogen) atoms. The Kier molecular flexibility index (Phi) is 5.23. The Labute approximate surface area is 127 Å². The highest BCUT2D eigenvalue weighted by atomic mass is 19.1. The number of nitrogens with zero attached hydrogens (tertiary/aromatic N) is 2. The van der Waals surface area contributed by atoms with Crippen molar-refractivity contribution in [2.75, 3.05) is 13.2 Å². The lowest BCUT2D eigenvalue weighted by Gasteiger charge is -2.14. The molecule has 1 aromatic heterocycles. The number of aryl methyl sites for hydroxylation is 1. The van der Waals surface area contributed by atoms with Crippen molar-refractivity contribution in [3.05, 3.63) is 46.8 Å². The zero-order valence-electron chi connectivity index (χ0n) is 12.6. The summed E-state index contributed by atoms with van der Waals surface area (Å²) in [5, 5.41) is 16.6. The number of aliphatic hydroxyl groups is 1. The topological polar surface area (TPSA) is 76.1 Å². The predicted molar refractivity (Wildman–Crippen MR) is 79.7 cm³/mol. The van der Waals surface area contributed by atoms with Gasteiger partial charge >= 0.3 is 0 Å². The number of nitrogens with two attached hydrogens (primary N) is 1. The van der Waals surface area contributed by atoms with Crippen LogP contribution in [0.5, 0.6) is 0 Å². The van der Waals surface area contributed by atoms with Crippen LogP contribution in [0.25, 0.3) is 5.69 Å². The van der Waals surface area contributed by atoms with Gasteiger partial charge in [0.1, 0.15) is 11.5 Å². The number of aliphatic hydroxyl groups excluding tert-OH is 1. The van der Waals surface area contributed by atoms with Crippen LogP contribution in [0.15, 0.2) is 18.2 Å². The zero-order chi connectivity index (χ0) is 16.3. The lowest BCUT2D eigenvalue weighted by molar-refractivity contribution is 0.244. The lowest BCUT2D eigenvalue weighted by atomic mass is 10.2. The molecule has 2 aromatic rings. The van der Waals surface area contributed by atoms with E-state index in [1.165, 1.54) is 16.8 Å². The number of hydrogen-bond acceptors (Lipinski definition) is 4. The monoisotopic (exact) mass is 310 g/mol. The van der Waals surface area contributed by atoms with Gasteiger partial charge in [0.15, 0.2) is 5.82 Å². The Morgan fingerprint density at radius 1 is 1.36 bits per heavy atom. The van der Waals surface area contributed by atoms with Gasteiger partial charge in [-0.15, -0.1) is 0 Å². The molecule has 5 nitrogen and oxygen atoms in total. The van der Waals surface area contributed by atoms with Gasteiger partial charge in [-0.3, -0.25) is 0 Å². The van der Waals surface area contributed by atoms with Crippen molar-refractivity contribution >= 4 is 0 Å². The van der Waals surface area contributed by atoms with Gasteiger partial charge in [-0.1, -0.05) is 0 Å². The van der Waals surface area contributed by atoms with E-state index in [-0.39, 0.29) is 18.3 Å². The molecule has 0 bridgehead atoms. The summed E-state index contributed by atoms with van der Waals surface area (Å²) in [4.78, 5) is 0. The minimum atomic E-state index is -0.666. The molecule has 0 saturated heterocycles. The number of aromatic nitrogens is 2. The highest BCUT2D eigenvalue weighted by Gasteiger charge is 2.16. The molecular formula is C15H20F2N4O. The molecular weight excluding hydrogens is 290 g/mol. The van der Waals surface area contributed by atoms with Gasteiger partial charge in [-0.25, -0.2) is 13.5 Å². The summed E-state index contributed by atoms with van der Waals surface area (Å²) in [6, 6.07) is 3.19. The van der Waals surface area contributed by atoms with Crippen molar-refractivity contribution in [3.63, 3.8) is 0 Å². The highest BCUT2D eigenvalue weighted by Crippen LogP contribution is 2.20. The van der Waals surface area contributed by atoms with E-state index in [1.54, 1.807) is 0 Å². The maximum atomic E-state index is 13.9. The molecule has 1 atom stereocenters. The molecule has 0 saturated carbocycles. The van der Waals surface area contributed by atoms with Gasteiger partial charge in [0, 0.05) is 36.5 Å². The molecule has 1 heterocycles. The fourth-order valence-electron chi connectivity index (χ4n) is 2.29. The third-order valence-corrected chi connectivity index (χ3v) is 3.65. The Morgan fingerprint density at radius 3 is 2.68 bits per heavy atom. The molecule has 0 fully saturated rings. The van der Waals surface area contributed by atoms with Crippen LogP contribution in [0.4, 0.5) is 8.78 Å². The molecule has 0 spiro atoms. The summed E-state index contributed by atoms with van der Waals surface area (Å²) in [5.74, 6) is -1.29. The van der Waals surface area contributed by atoms with Crippen molar-refractivity contribution < 1.29 is 13.9 Å². The molecule has 120 valence electrons. The molecule has 4 N–H and O–H groups in total. The van der Waals surface area contributed by atoms with E-state index < -0.39 is 11.6 Å². The average molecular weight is 310 g/mol. The number of rotatable bonds is 6. The Hall–Kier alpha value is -1.83. The summed E-state index contributed by atoms with van der Waals surface area (Å²) < 4.78 is 28.4. The Morgan fingerprint density at radius 2 is 2.09 bits per heavy atom. The second kappa shape index (κ2) is 6.95. The lowest BCUT2D eigenvalue weighted by Crippen LogP contribution is -2.38. The van der Waals surface area contributed by atoms with Gasteiger partial charge in [0.05, 0.1) is 12.3 Å². The zero-order valence-corrected chi connectivity index (χ0v) is 12.6. The third-order valence-electron chi connectivity index (χ3n) is 3.65. The normalized spacial score (nSPS) is 12.6. The first kappa shape index (κ1) is 16.5. The van der Waals surface area contributed by atoms with Crippen LogP contribution in [0.2, 0.25) is 0 Å². The largest absolute Gasteiger partial charge is 0.395 e. The maximum absolute atomic E-state index is 13.9. The maximum Gasteiger partial charge on any atom is 0.151 e. The van der Waals surface area contributed by atoms with Crippen molar-refractivity contribution in [1.82, 2.24) is 15.1 Å². The summed E-state index contributed by atoms with van der Waals surface area (Å²) in [6.07, 6.45) is 0. The van der Waals surface area contributed by atoms with E-state index in [0.717, 1.165) is 23.0 Å². The van der Waals surface area contributed by atoms with Crippen LogP contribution in [0.1, 0.15) is 17.0 Å². The number of benzene rings is 1. The fraction of sp³-hybridized carbons (Fsp3) is 0.400. The molecule has 2 rings (SSSR count). The summed E-state index contributed by atoms with van der Waals surface area (Å²) in [6.45, 7) is 4.35. The van der Waals surface area contributed by atoms with Crippen LogP contribution in [0.3, 0.4) is 0 Å². The van der Waals surface area contributed by atoms with E-state index >= 15 is 0 Å². The van der Waals surface area contributed by atoms with Crippen LogP contribution in [-0.2, 0) is 6.54 Å². The quantitative estimate of drug-likeness (QED) is 0.749. The minimum absolute atomic E-state index is 0.0602. The van der Waals surface area contributed by atoms with Crippen molar-refractivity contribution in [2.45, 2.75) is 26.4 Å². The first-order valence-electron chi connectivity index (χ1n) is 7.02. The fourth-order valence-corrected chi connectivity index (χ4v) is 2.29. The number of hydrogen-bond donors (Lipinski definition) is 3. The third kappa shape index (κ3) is 3.32. The second-order valence-corrected chi connectivity index (χ2v) is 5.15. The first-order valence-corrected chi connectivity index (χ1v) is 7.02. The van der Waals surface area contributed by atoms with Crippen LogP contribution in [0, 0.1) is 25.5 Å². The summed E-state index contributed by atoms with van der Waals surface area (Å²) >= 11 is 0. The Bertz CT molecular complexity index is 653. The molecule has 7 heteroatoms. The standard InChI is InChI=1S/C15H20F2N4O/c1-9-13(7-19-12(6-18)8-22)10(2)21(20-9)15-4-3-11(16)5-14(15)17/h3-5,12,19,22H,6-8,18H2,1-2H3/t12-/m1/s1. The molecule has 1 aromatic carbocycles. The van der Waals surface area contributed by atoms with Crippen LogP contribution < -0.4 is 11.1 Å². The number of nitrogens with one attached hydrogen (secondary N) is 1. The highest BCUT2D eigenvalue weighted by molar-refractivity contribution is 5.38. The van der Waals surface area contributed by atoms with Crippen molar-refractivity contribution in [2.24, 2.45) is 5.73 Å². The molecule has 0 radical (unpaired) electrons. The van der Waals surface area contributed by atoms with Crippen molar-refractivity contribution in [1.29, 1.82) is 0 Å². The molecule has 0 aliphatic heterocycles. The van der Waals surface area contributed by atoms with E-state index in [4.69, 9.17) is 10.8 Å². The van der Waals surface area contributed by atoms with E-state index in [9.17, 15) is 8.78 Å². The minimum Gasteiger partial charge on any atom is -0.395 e. The van der Waals surface area contributed by atoms with Crippen LogP contribution in [-0.4, -0.2) is 34.1 Å². The van der Waals surface area contributed by atoms with Gasteiger partial charge in [0.25, 0.3) is 0 Å². The summed E-state index contributed by atoms with van der Waals surface area (Å²) in [5.41, 5.74) is 8.12.